The highest BCUT2D eigenvalue weighted by Gasteiger charge is 2.05. The van der Waals surface area contributed by atoms with Crippen molar-refractivity contribution in [3.05, 3.63) is 106 Å². The van der Waals surface area contributed by atoms with Crippen LogP contribution in [0.4, 0.5) is 0 Å². The van der Waals surface area contributed by atoms with E-state index in [0.29, 0.717) is 32.2 Å². The molecule has 0 aliphatic heterocycles. The van der Waals surface area contributed by atoms with Crippen LogP contribution in [-0.2, 0) is 24.4 Å². The zero-order valence-electron chi connectivity index (χ0n) is 19.2. The van der Waals surface area contributed by atoms with Crippen LogP contribution in [0.25, 0.3) is 0 Å². The number of nitrogens with one attached hydrogen (secondary N) is 2. The summed E-state index contributed by atoms with van der Waals surface area (Å²) >= 11 is 0. The van der Waals surface area contributed by atoms with E-state index in [2.05, 4.69) is 58.9 Å². The van der Waals surface area contributed by atoms with Gasteiger partial charge < -0.3 is 19.9 Å². The Morgan fingerprint density at radius 1 is 0.939 bits per heavy atom. The van der Waals surface area contributed by atoms with Crippen LogP contribution in [0.1, 0.15) is 23.6 Å². The number of guanidine groups is 1. The minimum Gasteiger partial charge on any atom is -0.376 e. The number of rotatable bonds is 10. The molecule has 0 radical (unpaired) electrons. The maximum atomic E-state index is 11.9. The normalized spacial score (nSPS) is 12.0. The van der Waals surface area contributed by atoms with Gasteiger partial charge >= 0.3 is 0 Å². The van der Waals surface area contributed by atoms with Gasteiger partial charge in [-0.3, -0.25) is 9.79 Å². The SMILES string of the molecule is CN=C(NCc1ccc(Cn2ccccc2=O)cc1)NCC(C)COCc1ccccc1.I. The molecule has 0 saturated carbocycles. The Balaban J connectivity index is 0.00000385. The van der Waals surface area contributed by atoms with Gasteiger partial charge in [0.25, 0.3) is 5.56 Å². The van der Waals surface area contributed by atoms with Crippen LogP contribution < -0.4 is 16.2 Å². The molecule has 3 aromatic rings. The second kappa shape index (κ2) is 14.5. The quantitative estimate of drug-likeness (QED) is 0.223. The minimum atomic E-state index is 0. The number of ether oxygens (including phenoxy) is 1. The Labute approximate surface area is 213 Å². The van der Waals surface area contributed by atoms with E-state index in [1.54, 1.807) is 29.9 Å². The van der Waals surface area contributed by atoms with Gasteiger partial charge in [-0.25, -0.2) is 0 Å². The zero-order chi connectivity index (χ0) is 22.6. The van der Waals surface area contributed by atoms with E-state index in [-0.39, 0.29) is 29.5 Å². The number of benzene rings is 2. The van der Waals surface area contributed by atoms with E-state index in [0.717, 1.165) is 23.6 Å². The van der Waals surface area contributed by atoms with Crippen molar-refractivity contribution in [2.24, 2.45) is 10.9 Å². The van der Waals surface area contributed by atoms with E-state index in [1.165, 1.54) is 5.56 Å². The first-order valence-corrected chi connectivity index (χ1v) is 10.9. The Hall–Kier alpha value is -2.65. The summed E-state index contributed by atoms with van der Waals surface area (Å²) in [5.74, 6) is 1.12. The van der Waals surface area contributed by atoms with Crippen molar-refractivity contribution in [2.75, 3.05) is 20.2 Å². The molecule has 0 amide bonds. The maximum Gasteiger partial charge on any atom is 0.250 e. The summed E-state index contributed by atoms with van der Waals surface area (Å²) in [6.45, 7) is 5.49. The number of hydrogen-bond acceptors (Lipinski definition) is 3. The average Bonchev–Trinajstić information content (AvgIpc) is 2.82. The highest BCUT2D eigenvalue weighted by Crippen LogP contribution is 2.06. The lowest BCUT2D eigenvalue weighted by atomic mass is 10.1. The van der Waals surface area contributed by atoms with Gasteiger partial charge in [0.15, 0.2) is 5.96 Å². The molecule has 6 nitrogen and oxygen atoms in total. The third-order valence-electron chi connectivity index (χ3n) is 5.09. The first-order chi connectivity index (χ1) is 15.6. The van der Waals surface area contributed by atoms with E-state index < -0.39 is 0 Å². The van der Waals surface area contributed by atoms with Gasteiger partial charge in [-0.15, -0.1) is 24.0 Å². The molecular weight excluding hydrogens is 527 g/mol. The highest BCUT2D eigenvalue weighted by molar-refractivity contribution is 14.0. The molecule has 1 atom stereocenters. The maximum absolute atomic E-state index is 11.9. The minimum absolute atomic E-state index is 0. The molecule has 176 valence electrons. The van der Waals surface area contributed by atoms with Gasteiger partial charge in [-0.2, -0.15) is 0 Å². The van der Waals surface area contributed by atoms with Crippen LogP contribution in [0, 0.1) is 5.92 Å². The molecule has 1 unspecified atom stereocenters. The van der Waals surface area contributed by atoms with Crippen molar-refractivity contribution in [1.82, 2.24) is 15.2 Å². The van der Waals surface area contributed by atoms with Gasteiger partial charge in [0, 0.05) is 32.4 Å². The van der Waals surface area contributed by atoms with Gasteiger partial charge in [0.05, 0.1) is 19.8 Å². The van der Waals surface area contributed by atoms with E-state index in [1.807, 2.05) is 24.3 Å². The Kier molecular flexibility index (Phi) is 11.7. The smallest absolute Gasteiger partial charge is 0.250 e. The van der Waals surface area contributed by atoms with Gasteiger partial charge in [0.2, 0.25) is 0 Å². The van der Waals surface area contributed by atoms with Crippen LogP contribution in [0.5, 0.6) is 0 Å². The van der Waals surface area contributed by atoms with Crippen molar-refractivity contribution in [2.45, 2.75) is 26.6 Å². The predicted molar refractivity (Wildman–Crippen MR) is 145 cm³/mol. The summed E-state index contributed by atoms with van der Waals surface area (Å²) < 4.78 is 7.51. The summed E-state index contributed by atoms with van der Waals surface area (Å²) in [4.78, 5) is 16.2. The van der Waals surface area contributed by atoms with Crippen molar-refractivity contribution in [3.63, 3.8) is 0 Å². The lowest BCUT2D eigenvalue weighted by Crippen LogP contribution is -2.39. The molecule has 2 aromatic carbocycles. The third kappa shape index (κ3) is 9.39. The fourth-order valence-corrected chi connectivity index (χ4v) is 3.24. The van der Waals surface area contributed by atoms with Crippen LogP contribution in [0.2, 0.25) is 0 Å². The number of nitrogens with zero attached hydrogens (tertiary/aromatic N) is 2. The van der Waals surface area contributed by atoms with Crippen LogP contribution in [0.3, 0.4) is 0 Å². The van der Waals surface area contributed by atoms with E-state index in [9.17, 15) is 4.79 Å². The summed E-state index contributed by atoms with van der Waals surface area (Å²) in [6, 6.07) is 23.7. The van der Waals surface area contributed by atoms with Gasteiger partial charge in [0.1, 0.15) is 0 Å². The molecule has 0 bridgehead atoms. The lowest BCUT2D eigenvalue weighted by molar-refractivity contribution is 0.0931. The summed E-state index contributed by atoms with van der Waals surface area (Å²) in [5.41, 5.74) is 3.44. The van der Waals surface area contributed by atoms with Crippen LogP contribution >= 0.6 is 24.0 Å². The van der Waals surface area contributed by atoms with E-state index >= 15 is 0 Å². The molecule has 2 N–H and O–H groups in total. The molecule has 0 spiro atoms. The topological polar surface area (TPSA) is 67.7 Å². The lowest BCUT2D eigenvalue weighted by Gasteiger charge is -2.16. The molecule has 0 aliphatic carbocycles. The average molecular weight is 560 g/mol. The van der Waals surface area contributed by atoms with Gasteiger partial charge in [-0.05, 0) is 28.7 Å². The monoisotopic (exact) mass is 560 g/mol. The molecule has 1 aromatic heterocycles. The van der Waals surface area contributed by atoms with Crippen molar-refractivity contribution in [3.8, 4) is 0 Å². The zero-order valence-corrected chi connectivity index (χ0v) is 21.6. The summed E-state index contributed by atoms with van der Waals surface area (Å²) in [5, 5.41) is 6.70. The van der Waals surface area contributed by atoms with Crippen LogP contribution in [0.15, 0.2) is 88.8 Å². The largest absolute Gasteiger partial charge is 0.376 e. The molecule has 33 heavy (non-hydrogen) atoms. The fraction of sp³-hybridized carbons (Fsp3) is 0.308. The number of pyridine rings is 1. The molecule has 3 rings (SSSR count). The Bertz CT molecular complexity index is 1040. The van der Waals surface area contributed by atoms with E-state index in [4.69, 9.17) is 4.74 Å². The first kappa shape index (κ1) is 26.6. The number of hydrogen-bond donors (Lipinski definition) is 2. The summed E-state index contributed by atoms with van der Waals surface area (Å²) in [7, 11) is 1.77. The molecule has 1 heterocycles. The second-order valence-electron chi connectivity index (χ2n) is 7.90. The third-order valence-corrected chi connectivity index (χ3v) is 5.09. The van der Waals surface area contributed by atoms with Crippen molar-refractivity contribution in [1.29, 1.82) is 0 Å². The van der Waals surface area contributed by atoms with Crippen molar-refractivity contribution < 1.29 is 4.74 Å². The highest BCUT2D eigenvalue weighted by atomic mass is 127. The molecule has 0 aliphatic rings. The van der Waals surface area contributed by atoms with Crippen LogP contribution in [-0.4, -0.2) is 30.7 Å². The molecule has 7 heteroatoms. The fourth-order valence-electron chi connectivity index (χ4n) is 3.24. The first-order valence-electron chi connectivity index (χ1n) is 10.9. The molecule has 0 saturated heterocycles. The summed E-state index contributed by atoms with van der Waals surface area (Å²) in [6.07, 6.45) is 1.81. The predicted octanol–water partition coefficient (Wildman–Crippen LogP) is 4.03. The Morgan fingerprint density at radius 3 is 2.33 bits per heavy atom. The number of aromatic nitrogens is 1. The van der Waals surface area contributed by atoms with Crippen molar-refractivity contribution >= 4 is 29.9 Å². The number of halogens is 1. The molecule has 0 fully saturated rings. The number of aliphatic imine (C=N–C) groups is 1. The second-order valence-corrected chi connectivity index (χ2v) is 7.90. The standard InChI is InChI=1S/C26H32N4O2.HI/c1-21(19-32-20-24-8-4-3-5-9-24)16-28-26(27-2)29-17-22-11-13-23(14-12-22)18-30-15-7-6-10-25(30)31;/h3-15,21H,16-20H2,1-2H3,(H2,27,28,29);1H. The molecular formula is C26H33IN4O2. The Morgan fingerprint density at radius 2 is 1.64 bits per heavy atom. The van der Waals surface area contributed by atoms with Gasteiger partial charge in [-0.1, -0.05) is 67.6 Å².